The molecule has 2 atom stereocenters. The summed E-state index contributed by atoms with van der Waals surface area (Å²) in [5.74, 6) is 1.07. The summed E-state index contributed by atoms with van der Waals surface area (Å²) >= 11 is 13.4. The molecular formula is C37H39Cl2NO5. The molecule has 1 aliphatic heterocycles. The Hall–Kier alpha value is -3.48. The number of hydrogen-bond donors (Lipinski definition) is 0. The molecule has 2 fully saturated rings. The fourth-order valence-electron chi connectivity index (χ4n) is 7.13. The summed E-state index contributed by atoms with van der Waals surface area (Å²) in [6.45, 7) is 4.47. The maximum Gasteiger partial charge on any atom is 0.330 e. The quantitative estimate of drug-likeness (QED) is 0.139. The van der Waals surface area contributed by atoms with Crippen molar-refractivity contribution in [3.63, 3.8) is 0 Å². The normalized spacial score (nSPS) is 21.3. The van der Waals surface area contributed by atoms with Crippen LogP contribution in [-0.4, -0.2) is 36.0 Å². The summed E-state index contributed by atoms with van der Waals surface area (Å²) in [4.78, 5) is 27.5. The molecule has 0 aromatic heterocycles. The molecule has 1 heterocycles. The van der Waals surface area contributed by atoms with Crippen LogP contribution in [0.25, 0.3) is 17.2 Å². The van der Waals surface area contributed by atoms with Crippen molar-refractivity contribution in [2.24, 2.45) is 11.8 Å². The second-order valence-corrected chi connectivity index (χ2v) is 14.3. The van der Waals surface area contributed by atoms with Gasteiger partial charge >= 0.3 is 5.97 Å². The van der Waals surface area contributed by atoms with E-state index in [1.165, 1.54) is 19.6 Å². The van der Waals surface area contributed by atoms with E-state index < -0.39 is 15.9 Å². The molecule has 8 heteroatoms. The Morgan fingerprint density at radius 2 is 1.73 bits per heavy atom. The lowest BCUT2D eigenvalue weighted by molar-refractivity contribution is -0.134. The van der Waals surface area contributed by atoms with E-state index in [1.807, 2.05) is 55.1 Å². The summed E-state index contributed by atoms with van der Waals surface area (Å²) in [7, 11) is 3.00. The van der Waals surface area contributed by atoms with Gasteiger partial charge in [0.2, 0.25) is 5.91 Å². The van der Waals surface area contributed by atoms with Crippen LogP contribution in [0.3, 0.4) is 0 Å². The lowest BCUT2D eigenvalue weighted by Gasteiger charge is -2.33. The number of halogens is 2. The highest BCUT2D eigenvalue weighted by Gasteiger charge is 2.73. The fraction of sp³-hybridized carbons (Fsp3) is 0.405. The van der Waals surface area contributed by atoms with Crippen LogP contribution in [0, 0.1) is 11.8 Å². The first-order valence-electron chi connectivity index (χ1n) is 15.6. The van der Waals surface area contributed by atoms with Gasteiger partial charge in [-0.1, -0.05) is 67.8 Å². The minimum absolute atomic E-state index is 0.00192. The van der Waals surface area contributed by atoms with Crippen molar-refractivity contribution >= 4 is 46.8 Å². The van der Waals surface area contributed by atoms with Crippen molar-refractivity contribution in [2.75, 3.05) is 19.1 Å². The summed E-state index contributed by atoms with van der Waals surface area (Å²) in [6.07, 6.45) is 8.22. The van der Waals surface area contributed by atoms with Gasteiger partial charge in [-0.25, -0.2) is 4.79 Å². The first-order valence-corrected chi connectivity index (χ1v) is 16.3. The van der Waals surface area contributed by atoms with E-state index >= 15 is 0 Å². The Labute approximate surface area is 275 Å². The Morgan fingerprint density at radius 1 is 1.00 bits per heavy atom. The standard InChI is InChI=1S/C37H39Cl2NO5/c1-36(2)34-31(37(34,38)39)29-19-18-28(32(44-4)33(29)45-36)25-16-13-24(14-17-25)22-40(35(42)26-10-6-5-7-11-26)27-12-8-9-23(21-27)15-20-30(41)43-3/h8-9,12-21,26,31,34H,5-7,10-11,22H2,1-4H3/b20-15+. The predicted octanol–water partition coefficient (Wildman–Crippen LogP) is 8.72. The molecule has 0 bridgehead atoms. The van der Waals surface area contributed by atoms with Crippen LogP contribution in [0.15, 0.2) is 66.7 Å². The number of amides is 1. The number of hydrogen-bond acceptors (Lipinski definition) is 5. The van der Waals surface area contributed by atoms with E-state index in [4.69, 9.17) is 37.4 Å². The maximum atomic E-state index is 13.9. The van der Waals surface area contributed by atoms with Gasteiger partial charge in [0.1, 0.15) is 9.93 Å². The van der Waals surface area contributed by atoms with Gasteiger partial charge < -0.3 is 19.1 Å². The number of carbonyl (C=O) groups excluding carboxylic acids is 2. The molecular weight excluding hydrogens is 609 g/mol. The van der Waals surface area contributed by atoms with Crippen LogP contribution in [0.5, 0.6) is 11.5 Å². The molecule has 6 nitrogen and oxygen atoms in total. The van der Waals surface area contributed by atoms with Crippen molar-refractivity contribution in [2.45, 2.75) is 68.3 Å². The molecule has 3 aromatic rings. The number of esters is 1. The number of anilines is 1. The third-order valence-electron chi connectivity index (χ3n) is 9.47. The van der Waals surface area contributed by atoms with Gasteiger partial charge in [-0.3, -0.25) is 4.79 Å². The number of alkyl halides is 2. The zero-order chi connectivity index (χ0) is 31.9. The molecule has 0 saturated heterocycles. The molecule has 2 unspecified atom stereocenters. The van der Waals surface area contributed by atoms with E-state index in [0.717, 1.165) is 59.2 Å². The van der Waals surface area contributed by atoms with Crippen LogP contribution >= 0.6 is 23.2 Å². The van der Waals surface area contributed by atoms with Crippen LogP contribution in [0.2, 0.25) is 0 Å². The Bertz CT molecular complexity index is 1620. The van der Waals surface area contributed by atoms with Gasteiger partial charge in [-0.2, -0.15) is 0 Å². The maximum absolute atomic E-state index is 13.9. The first kappa shape index (κ1) is 31.5. The molecule has 236 valence electrons. The van der Waals surface area contributed by atoms with Crippen molar-refractivity contribution in [3.8, 4) is 22.6 Å². The molecule has 0 radical (unpaired) electrons. The van der Waals surface area contributed by atoms with Crippen LogP contribution < -0.4 is 14.4 Å². The van der Waals surface area contributed by atoms with Crippen molar-refractivity contribution in [1.29, 1.82) is 0 Å². The minimum Gasteiger partial charge on any atom is -0.492 e. The number of benzene rings is 3. The number of fused-ring (bicyclic) bond motifs is 3. The topological polar surface area (TPSA) is 65.1 Å². The molecule has 6 rings (SSSR count). The summed E-state index contributed by atoms with van der Waals surface area (Å²) in [5, 5.41) is 0. The fourth-order valence-corrected chi connectivity index (χ4v) is 8.27. The molecule has 0 spiro atoms. The molecule has 2 aliphatic carbocycles. The van der Waals surface area contributed by atoms with Crippen molar-refractivity contribution < 1.29 is 23.8 Å². The molecule has 2 saturated carbocycles. The number of rotatable bonds is 8. The monoisotopic (exact) mass is 647 g/mol. The average molecular weight is 649 g/mol. The van der Waals surface area contributed by atoms with Gasteiger partial charge in [0.25, 0.3) is 0 Å². The summed E-state index contributed by atoms with van der Waals surface area (Å²) in [6, 6.07) is 20.0. The summed E-state index contributed by atoms with van der Waals surface area (Å²) < 4.78 is 16.3. The lowest BCUT2D eigenvalue weighted by Crippen LogP contribution is -2.36. The van der Waals surface area contributed by atoms with Crippen LogP contribution in [-0.2, 0) is 20.9 Å². The van der Waals surface area contributed by atoms with Gasteiger partial charge in [0, 0.05) is 40.6 Å². The molecule has 45 heavy (non-hydrogen) atoms. The molecule has 0 N–H and O–H groups in total. The van der Waals surface area contributed by atoms with Gasteiger partial charge in [-0.15, -0.1) is 23.2 Å². The van der Waals surface area contributed by atoms with E-state index in [-0.39, 0.29) is 23.7 Å². The smallest absolute Gasteiger partial charge is 0.330 e. The summed E-state index contributed by atoms with van der Waals surface area (Å²) in [5.41, 5.74) is 4.94. The van der Waals surface area contributed by atoms with Gasteiger partial charge in [0.15, 0.2) is 11.5 Å². The Kier molecular flexibility index (Phi) is 8.66. The first-order chi connectivity index (χ1) is 21.5. The third kappa shape index (κ3) is 6.07. The average Bonchev–Trinajstić information content (AvgIpc) is 3.65. The van der Waals surface area contributed by atoms with E-state index in [0.29, 0.717) is 18.0 Å². The van der Waals surface area contributed by atoms with Crippen LogP contribution in [0.1, 0.15) is 68.6 Å². The van der Waals surface area contributed by atoms with Crippen molar-refractivity contribution in [3.05, 3.63) is 83.4 Å². The Morgan fingerprint density at radius 3 is 2.42 bits per heavy atom. The highest BCUT2D eigenvalue weighted by Crippen LogP contribution is 2.73. The largest absolute Gasteiger partial charge is 0.492 e. The SMILES string of the molecule is COC(=O)/C=C/c1cccc(N(Cc2ccc(-c3ccc4c(c3OC)OC(C)(C)C3C4C3(Cl)Cl)cc2)C(=O)C2CCCCC2)c1. The van der Waals surface area contributed by atoms with Gasteiger partial charge in [0.05, 0.1) is 20.8 Å². The number of methoxy groups -OCH3 is 2. The van der Waals surface area contributed by atoms with Crippen molar-refractivity contribution in [1.82, 2.24) is 0 Å². The second-order valence-electron chi connectivity index (χ2n) is 12.8. The highest BCUT2D eigenvalue weighted by molar-refractivity contribution is 6.52. The van der Waals surface area contributed by atoms with Gasteiger partial charge in [-0.05, 0) is 61.6 Å². The predicted molar refractivity (Wildman–Crippen MR) is 179 cm³/mol. The third-order valence-corrected chi connectivity index (χ3v) is 10.4. The zero-order valence-corrected chi connectivity index (χ0v) is 27.7. The lowest BCUT2D eigenvalue weighted by atomic mass is 9.88. The molecule has 3 aromatic carbocycles. The van der Waals surface area contributed by atoms with E-state index in [9.17, 15) is 9.59 Å². The minimum atomic E-state index is -0.860. The zero-order valence-electron chi connectivity index (χ0n) is 26.1. The number of ether oxygens (including phenoxy) is 3. The number of nitrogens with zero attached hydrogens (tertiary/aromatic N) is 1. The van der Waals surface area contributed by atoms with Crippen LogP contribution in [0.4, 0.5) is 5.69 Å². The molecule has 1 amide bonds. The van der Waals surface area contributed by atoms with E-state index in [2.05, 4.69) is 24.3 Å². The van der Waals surface area contributed by atoms with E-state index in [1.54, 1.807) is 13.2 Å². The highest BCUT2D eigenvalue weighted by atomic mass is 35.5. The number of carbonyl (C=O) groups is 2. The second kappa shape index (κ2) is 12.4. The molecule has 3 aliphatic rings. The Balaban J connectivity index is 1.29.